The Morgan fingerprint density at radius 1 is 1.00 bits per heavy atom. The van der Waals surface area contributed by atoms with Gasteiger partial charge in [0.1, 0.15) is 16.8 Å². The lowest BCUT2D eigenvalue weighted by Crippen LogP contribution is -2.04. The van der Waals surface area contributed by atoms with Crippen LogP contribution in [-0.2, 0) is 11.0 Å². The number of nitrogens with two attached hydrogens (primary N) is 1. The van der Waals surface area contributed by atoms with Gasteiger partial charge < -0.3 is 4.98 Å². The molecule has 27 heavy (non-hydrogen) atoms. The molecule has 134 valence electrons. The minimum absolute atomic E-state index is 0.616. The van der Waals surface area contributed by atoms with Crippen LogP contribution in [0.3, 0.4) is 0 Å². The molecule has 0 spiro atoms. The summed E-state index contributed by atoms with van der Waals surface area (Å²) in [6, 6.07) is 21.4. The van der Waals surface area contributed by atoms with Gasteiger partial charge in [0.15, 0.2) is 0 Å². The summed E-state index contributed by atoms with van der Waals surface area (Å²) in [6.45, 7) is 0. The SMILES string of the molecule is NS(=O)c1ccccc1-c1ccc2nc(/C=C/c3ccccc3Br)[nH]c2c1. The Hall–Kier alpha value is -2.54. The summed E-state index contributed by atoms with van der Waals surface area (Å²) in [6.07, 6.45) is 3.96. The zero-order valence-electron chi connectivity index (χ0n) is 14.2. The fourth-order valence-corrected chi connectivity index (χ4v) is 3.97. The van der Waals surface area contributed by atoms with Crippen LogP contribution >= 0.6 is 15.9 Å². The third-order valence-corrected chi connectivity index (χ3v) is 5.75. The molecule has 0 bridgehead atoms. The molecule has 0 fully saturated rings. The Morgan fingerprint density at radius 2 is 1.78 bits per heavy atom. The molecule has 1 unspecified atom stereocenters. The van der Waals surface area contributed by atoms with Crippen LogP contribution in [-0.4, -0.2) is 14.2 Å². The maximum Gasteiger partial charge on any atom is 0.131 e. The molecular formula is C21H16BrN3OS. The van der Waals surface area contributed by atoms with Crippen molar-refractivity contribution in [1.29, 1.82) is 0 Å². The fourth-order valence-electron chi connectivity index (χ4n) is 2.94. The van der Waals surface area contributed by atoms with Crippen LogP contribution in [0, 0.1) is 0 Å². The summed E-state index contributed by atoms with van der Waals surface area (Å²) in [5.74, 6) is 0.772. The second-order valence-electron chi connectivity index (χ2n) is 6.00. The third kappa shape index (κ3) is 3.78. The summed E-state index contributed by atoms with van der Waals surface area (Å²) in [4.78, 5) is 8.55. The number of hydrogen-bond acceptors (Lipinski definition) is 2. The number of fused-ring (bicyclic) bond motifs is 1. The minimum atomic E-state index is -1.54. The molecule has 6 heteroatoms. The quantitative estimate of drug-likeness (QED) is 0.463. The molecule has 1 aromatic heterocycles. The Morgan fingerprint density at radius 3 is 2.59 bits per heavy atom. The first-order chi connectivity index (χ1) is 13.1. The topological polar surface area (TPSA) is 71.8 Å². The van der Waals surface area contributed by atoms with Crippen molar-refractivity contribution in [3.63, 3.8) is 0 Å². The molecule has 4 nitrogen and oxygen atoms in total. The van der Waals surface area contributed by atoms with E-state index < -0.39 is 11.0 Å². The van der Waals surface area contributed by atoms with E-state index in [4.69, 9.17) is 5.14 Å². The number of nitrogens with one attached hydrogen (secondary N) is 1. The van der Waals surface area contributed by atoms with Gasteiger partial charge in [0.25, 0.3) is 0 Å². The van der Waals surface area contributed by atoms with Gasteiger partial charge >= 0.3 is 0 Å². The van der Waals surface area contributed by atoms with Gasteiger partial charge in [-0.05, 0) is 47.0 Å². The zero-order valence-corrected chi connectivity index (χ0v) is 16.6. The molecule has 3 N–H and O–H groups in total. The summed E-state index contributed by atoms with van der Waals surface area (Å²) in [5.41, 5.74) is 4.67. The number of hydrogen-bond donors (Lipinski definition) is 2. The normalized spacial score (nSPS) is 12.7. The zero-order chi connectivity index (χ0) is 18.8. The van der Waals surface area contributed by atoms with Crippen LogP contribution in [0.4, 0.5) is 0 Å². The summed E-state index contributed by atoms with van der Waals surface area (Å²) in [5, 5.41) is 5.61. The predicted molar refractivity (Wildman–Crippen MR) is 115 cm³/mol. The van der Waals surface area contributed by atoms with Gasteiger partial charge in [0, 0.05) is 4.47 Å². The van der Waals surface area contributed by atoms with Crippen molar-refractivity contribution in [3.05, 3.63) is 82.6 Å². The van der Waals surface area contributed by atoms with Crippen molar-refractivity contribution >= 4 is 50.1 Å². The standard InChI is InChI=1S/C21H16BrN3OS/c22-17-7-3-1-5-14(17)10-12-21-24-18-11-9-15(13-19(18)25-21)16-6-2-4-8-20(16)27(23)26/h1-13H,23H2,(H,24,25)/b12-10+. The van der Waals surface area contributed by atoms with Crippen molar-refractivity contribution in [2.45, 2.75) is 4.90 Å². The largest absolute Gasteiger partial charge is 0.338 e. The summed E-state index contributed by atoms with van der Waals surface area (Å²) < 4.78 is 12.8. The molecular weight excluding hydrogens is 422 g/mol. The van der Waals surface area contributed by atoms with Crippen molar-refractivity contribution < 1.29 is 4.21 Å². The number of H-pyrrole nitrogens is 1. The number of aromatic amines is 1. The molecule has 3 aromatic carbocycles. The summed E-state index contributed by atoms with van der Waals surface area (Å²) >= 11 is 3.54. The van der Waals surface area contributed by atoms with E-state index >= 15 is 0 Å². The van der Waals surface area contributed by atoms with Gasteiger partial charge in [0.2, 0.25) is 0 Å². The van der Waals surface area contributed by atoms with Gasteiger partial charge in [-0.15, -0.1) is 0 Å². The average molecular weight is 438 g/mol. The van der Waals surface area contributed by atoms with Gasteiger partial charge in [0.05, 0.1) is 15.9 Å². The lowest BCUT2D eigenvalue weighted by Gasteiger charge is -2.06. The van der Waals surface area contributed by atoms with E-state index in [2.05, 4.69) is 25.9 Å². The Bertz CT molecular complexity index is 1180. The van der Waals surface area contributed by atoms with Crippen LogP contribution in [0.15, 0.2) is 76.1 Å². The average Bonchev–Trinajstić information content (AvgIpc) is 3.09. The number of imidazole rings is 1. The molecule has 0 amide bonds. The van der Waals surface area contributed by atoms with E-state index in [0.29, 0.717) is 4.90 Å². The van der Waals surface area contributed by atoms with E-state index in [1.807, 2.05) is 72.8 Å². The molecule has 0 aliphatic heterocycles. The third-order valence-electron chi connectivity index (χ3n) is 4.24. The second kappa shape index (κ2) is 7.60. The summed E-state index contributed by atoms with van der Waals surface area (Å²) in [7, 11) is -1.54. The van der Waals surface area contributed by atoms with Gasteiger partial charge in [-0.3, -0.25) is 0 Å². The molecule has 0 saturated heterocycles. The van der Waals surface area contributed by atoms with E-state index in [1.54, 1.807) is 6.07 Å². The van der Waals surface area contributed by atoms with Crippen LogP contribution in [0.25, 0.3) is 34.3 Å². The monoisotopic (exact) mass is 437 g/mol. The minimum Gasteiger partial charge on any atom is -0.338 e. The van der Waals surface area contributed by atoms with E-state index in [-0.39, 0.29) is 0 Å². The molecule has 0 saturated carbocycles. The maximum atomic E-state index is 11.8. The van der Waals surface area contributed by atoms with Gasteiger partial charge in [-0.25, -0.2) is 14.3 Å². The molecule has 1 heterocycles. The van der Waals surface area contributed by atoms with E-state index in [0.717, 1.165) is 38.0 Å². The number of nitrogens with zero attached hydrogens (tertiary/aromatic N) is 1. The molecule has 4 rings (SSSR count). The first kappa shape index (κ1) is 17.9. The van der Waals surface area contributed by atoms with Gasteiger partial charge in [-0.2, -0.15) is 0 Å². The Kier molecular flexibility index (Phi) is 5.03. The van der Waals surface area contributed by atoms with Gasteiger partial charge in [-0.1, -0.05) is 64.5 Å². The Labute approximate surface area is 167 Å². The predicted octanol–water partition coefficient (Wildman–Crippen LogP) is 5.14. The number of aromatic nitrogens is 2. The lowest BCUT2D eigenvalue weighted by atomic mass is 10.1. The molecule has 1 atom stereocenters. The first-order valence-corrected chi connectivity index (χ1v) is 10.3. The second-order valence-corrected chi connectivity index (χ2v) is 7.89. The molecule has 0 aliphatic carbocycles. The van der Waals surface area contributed by atoms with E-state index in [1.165, 1.54) is 0 Å². The Balaban J connectivity index is 1.71. The number of benzene rings is 3. The molecule has 4 aromatic rings. The highest BCUT2D eigenvalue weighted by Crippen LogP contribution is 2.28. The molecule has 0 aliphatic rings. The van der Waals surface area contributed by atoms with Crippen molar-refractivity contribution in [3.8, 4) is 11.1 Å². The highest BCUT2D eigenvalue weighted by Gasteiger charge is 2.10. The number of halogens is 1. The van der Waals surface area contributed by atoms with Crippen LogP contribution in [0.1, 0.15) is 11.4 Å². The number of rotatable bonds is 4. The van der Waals surface area contributed by atoms with Crippen LogP contribution in [0.2, 0.25) is 0 Å². The van der Waals surface area contributed by atoms with Crippen molar-refractivity contribution in [2.24, 2.45) is 5.14 Å². The van der Waals surface area contributed by atoms with Crippen molar-refractivity contribution in [1.82, 2.24) is 9.97 Å². The maximum absolute atomic E-state index is 11.8. The smallest absolute Gasteiger partial charge is 0.131 e. The highest BCUT2D eigenvalue weighted by molar-refractivity contribution is 9.10. The highest BCUT2D eigenvalue weighted by atomic mass is 79.9. The van der Waals surface area contributed by atoms with Crippen LogP contribution in [0.5, 0.6) is 0 Å². The first-order valence-electron chi connectivity index (χ1n) is 8.30. The molecule has 0 radical (unpaired) electrons. The van der Waals surface area contributed by atoms with Crippen molar-refractivity contribution in [2.75, 3.05) is 0 Å². The fraction of sp³-hybridized carbons (Fsp3) is 0. The van der Waals surface area contributed by atoms with E-state index in [9.17, 15) is 4.21 Å². The van der Waals surface area contributed by atoms with Crippen LogP contribution < -0.4 is 5.14 Å². The lowest BCUT2D eigenvalue weighted by molar-refractivity contribution is 0.684.